The van der Waals surface area contributed by atoms with Gasteiger partial charge in [-0.25, -0.2) is 0 Å². The van der Waals surface area contributed by atoms with Crippen LogP contribution in [-0.4, -0.2) is 29.3 Å². The van der Waals surface area contributed by atoms with Crippen LogP contribution < -0.4 is 10.1 Å². The molecule has 0 spiro atoms. The number of aliphatic hydroxyl groups is 1. The molecule has 2 aromatic rings. The smallest absolute Gasteiger partial charge is 0.290 e. The minimum Gasteiger partial charge on any atom is -0.497 e. The molecule has 0 fully saturated rings. The highest BCUT2D eigenvalue weighted by molar-refractivity contribution is 5.94. The first-order chi connectivity index (χ1) is 10.4. The number of aromatic nitrogens is 1. The van der Waals surface area contributed by atoms with Crippen molar-refractivity contribution in [3.63, 3.8) is 0 Å². The van der Waals surface area contributed by atoms with E-state index in [1.54, 1.807) is 38.3 Å². The van der Waals surface area contributed by atoms with Crippen molar-refractivity contribution in [2.24, 2.45) is 0 Å². The second-order valence-corrected chi connectivity index (χ2v) is 5.31. The van der Waals surface area contributed by atoms with E-state index in [0.717, 1.165) is 5.56 Å². The van der Waals surface area contributed by atoms with Gasteiger partial charge in [-0.1, -0.05) is 5.16 Å². The van der Waals surface area contributed by atoms with Crippen LogP contribution in [0.25, 0.3) is 11.3 Å². The first-order valence-electron chi connectivity index (χ1n) is 7.07. The van der Waals surface area contributed by atoms with Gasteiger partial charge >= 0.3 is 0 Å². The van der Waals surface area contributed by atoms with Gasteiger partial charge in [0.05, 0.1) is 18.8 Å². The molecule has 0 radical (unpaired) electrons. The van der Waals surface area contributed by atoms with Crippen LogP contribution in [0.3, 0.4) is 0 Å². The summed E-state index contributed by atoms with van der Waals surface area (Å²) < 4.78 is 10.3. The van der Waals surface area contributed by atoms with Gasteiger partial charge < -0.3 is 19.7 Å². The number of carbonyl (C=O) groups is 1. The molecule has 118 valence electrons. The van der Waals surface area contributed by atoms with E-state index in [2.05, 4.69) is 10.5 Å². The summed E-state index contributed by atoms with van der Waals surface area (Å²) in [6, 6.07) is 7.12. The standard InChI is InChI=1S/C16H20N2O4/c1-9(2)17-16(20)15-13(10(3)19)14(18-22-15)11-5-7-12(21-4)8-6-11/h5-10,19H,1-4H3,(H,17,20). The third-order valence-electron chi connectivity index (χ3n) is 3.14. The maximum absolute atomic E-state index is 12.1. The Kier molecular flexibility index (Phi) is 4.82. The summed E-state index contributed by atoms with van der Waals surface area (Å²) in [6.07, 6.45) is -0.878. The molecule has 6 heteroatoms. The van der Waals surface area contributed by atoms with Crippen LogP contribution in [0.4, 0.5) is 0 Å². The molecule has 1 heterocycles. The number of nitrogens with zero attached hydrogens (tertiary/aromatic N) is 1. The molecular weight excluding hydrogens is 284 g/mol. The van der Waals surface area contributed by atoms with Crippen molar-refractivity contribution in [3.05, 3.63) is 35.6 Å². The molecule has 0 aliphatic rings. The third kappa shape index (κ3) is 3.28. The van der Waals surface area contributed by atoms with E-state index < -0.39 is 12.0 Å². The van der Waals surface area contributed by atoms with Crippen molar-refractivity contribution in [2.45, 2.75) is 32.9 Å². The fraction of sp³-hybridized carbons (Fsp3) is 0.375. The molecule has 1 aromatic heterocycles. The predicted octanol–water partition coefficient (Wildman–Crippen LogP) is 2.54. The number of hydrogen-bond donors (Lipinski definition) is 2. The number of nitrogens with one attached hydrogen (secondary N) is 1. The minimum atomic E-state index is -0.878. The summed E-state index contributed by atoms with van der Waals surface area (Å²) in [5, 5.41) is 16.7. The highest BCUT2D eigenvalue weighted by Gasteiger charge is 2.26. The summed E-state index contributed by atoms with van der Waals surface area (Å²) in [6.45, 7) is 5.27. The van der Waals surface area contributed by atoms with Gasteiger partial charge in [0.15, 0.2) is 0 Å². The lowest BCUT2D eigenvalue weighted by Gasteiger charge is -2.09. The highest BCUT2D eigenvalue weighted by atomic mass is 16.5. The zero-order chi connectivity index (χ0) is 16.3. The number of rotatable bonds is 5. The van der Waals surface area contributed by atoms with Gasteiger partial charge in [-0.15, -0.1) is 0 Å². The van der Waals surface area contributed by atoms with E-state index >= 15 is 0 Å². The second-order valence-electron chi connectivity index (χ2n) is 5.31. The molecule has 0 aliphatic heterocycles. The number of carbonyl (C=O) groups excluding carboxylic acids is 1. The topological polar surface area (TPSA) is 84.6 Å². The molecule has 0 saturated heterocycles. The number of amides is 1. The third-order valence-corrected chi connectivity index (χ3v) is 3.14. The molecule has 6 nitrogen and oxygen atoms in total. The van der Waals surface area contributed by atoms with Gasteiger partial charge in [-0.3, -0.25) is 4.79 Å². The molecule has 1 atom stereocenters. The van der Waals surface area contributed by atoms with Crippen LogP contribution in [0.2, 0.25) is 0 Å². The van der Waals surface area contributed by atoms with Gasteiger partial charge in [0.2, 0.25) is 5.76 Å². The van der Waals surface area contributed by atoms with Crippen LogP contribution in [-0.2, 0) is 0 Å². The Bertz CT molecular complexity index is 645. The summed E-state index contributed by atoms with van der Waals surface area (Å²) in [5.41, 5.74) is 1.57. The van der Waals surface area contributed by atoms with Crippen molar-refractivity contribution in [1.29, 1.82) is 0 Å². The molecule has 0 aliphatic carbocycles. The van der Waals surface area contributed by atoms with E-state index in [0.29, 0.717) is 17.0 Å². The van der Waals surface area contributed by atoms with Gasteiger partial charge in [0, 0.05) is 11.6 Å². The van der Waals surface area contributed by atoms with Crippen LogP contribution in [0.1, 0.15) is 43.0 Å². The van der Waals surface area contributed by atoms with Crippen LogP contribution >= 0.6 is 0 Å². The monoisotopic (exact) mass is 304 g/mol. The maximum Gasteiger partial charge on any atom is 0.290 e. The quantitative estimate of drug-likeness (QED) is 0.886. The maximum atomic E-state index is 12.1. The molecule has 1 unspecified atom stereocenters. The van der Waals surface area contributed by atoms with Gasteiger partial charge in [-0.05, 0) is 45.0 Å². The first kappa shape index (κ1) is 16.0. The summed E-state index contributed by atoms with van der Waals surface area (Å²) >= 11 is 0. The van der Waals surface area contributed by atoms with E-state index in [1.165, 1.54) is 0 Å². The van der Waals surface area contributed by atoms with Crippen LogP contribution in [0.15, 0.2) is 28.8 Å². The molecule has 1 aromatic carbocycles. The normalized spacial score (nSPS) is 12.3. The Morgan fingerprint density at radius 2 is 1.91 bits per heavy atom. The molecule has 2 rings (SSSR count). The van der Waals surface area contributed by atoms with E-state index in [-0.39, 0.29) is 11.8 Å². The molecule has 22 heavy (non-hydrogen) atoms. The Hall–Kier alpha value is -2.34. The van der Waals surface area contributed by atoms with Crippen molar-refractivity contribution in [1.82, 2.24) is 10.5 Å². The number of methoxy groups -OCH3 is 1. The molecule has 0 saturated carbocycles. The van der Waals surface area contributed by atoms with Crippen molar-refractivity contribution < 1.29 is 19.2 Å². The van der Waals surface area contributed by atoms with Crippen molar-refractivity contribution in [3.8, 4) is 17.0 Å². The lowest BCUT2D eigenvalue weighted by atomic mass is 10.0. The molecule has 1 amide bonds. The van der Waals surface area contributed by atoms with Crippen molar-refractivity contribution in [2.75, 3.05) is 7.11 Å². The predicted molar refractivity (Wildman–Crippen MR) is 81.7 cm³/mol. The Balaban J connectivity index is 2.43. The van der Waals surface area contributed by atoms with Crippen molar-refractivity contribution >= 4 is 5.91 Å². The first-order valence-corrected chi connectivity index (χ1v) is 7.07. The van der Waals surface area contributed by atoms with Gasteiger partial charge in [-0.2, -0.15) is 0 Å². The Morgan fingerprint density at radius 3 is 2.41 bits per heavy atom. The number of benzene rings is 1. The lowest BCUT2D eigenvalue weighted by Crippen LogP contribution is -2.30. The summed E-state index contributed by atoms with van der Waals surface area (Å²) in [7, 11) is 1.58. The summed E-state index contributed by atoms with van der Waals surface area (Å²) in [4.78, 5) is 12.1. The number of aliphatic hydroxyl groups excluding tert-OH is 1. The zero-order valence-electron chi connectivity index (χ0n) is 13.1. The average Bonchev–Trinajstić information content (AvgIpc) is 2.91. The second kappa shape index (κ2) is 6.62. The fourth-order valence-electron chi connectivity index (χ4n) is 2.13. The zero-order valence-corrected chi connectivity index (χ0v) is 13.1. The summed E-state index contributed by atoms with van der Waals surface area (Å²) in [5.74, 6) is 0.358. The minimum absolute atomic E-state index is 0.0366. The molecular formula is C16H20N2O4. The van der Waals surface area contributed by atoms with E-state index in [4.69, 9.17) is 9.26 Å². The molecule has 2 N–H and O–H groups in total. The van der Waals surface area contributed by atoms with E-state index in [1.807, 2.05) is 13.8 Å². The SMILES string of the molecule is COc1ccc(-c2noc(C(=O)NC(C)C)c2C(C)O)cc1. The number of hydrogen-bond acceptors (Lipinski definition) is 5. The van der Waals surface area contributed by atoms with E-state index in [9.17, 15) is 9.90 Å². The average molecular weight is 304 g/mol. The van der Waals surface area contributed by atoms with Crippen LogP contribution in [0.5, 0.6) is 5.75 Å². The Morgan fingerprint density at radius 1 is 1.27 bits per heavy atom. The van der Waals surface area contributed by atoms with Gasteiger partial charge in [0.1, 0.15) is 11.4 Å². The number of ether oxygens (including phenoxy) is 1. The highest BCUT2D eigenvalue weighted by Crippen LogP contribution is 2.31. The lowest BCUT2D eigenvalue weighted by molar-refractivity contribution is 0.0897. The van der Waals surface area contributed by atoms with Crippen LogP contribution in [0, 0.1) is 0 Å². The largest absolute Gasteiger partial charge is 0.497 e. The molecule has 0 bridgehead atoms. The van der Waals surface area contributed by atoms with Gasteiger partial charge in [0.25, 0.3) is 5.91 Å². The Labute approximate surface area is 129 Å². The fourth-order valence-corrected chi connectivity index (χ4v) is 2.13.